The van der Waals surface area contributed by atoms with Gasteiger partial charge in [0.1, 0.15) is 5.75 Å². The van der Waals surface area contributed by atoms with Crippen molar-refractivity contribution in [1.29, 1.82) is 0 Å². The van der Waals surface area contributed by atoms with Crippen LogP contribution in [0.25, 0.3) is 0 Å². The lowest BCUT2D eigenvalue weighted by Gasteiger charge is -2.08. The zero-order chi connectivity index (χ0) is 12.7. The van der Waals surface area contributed by atoms with Crippen LogP contribution in [0, 0.1) is 5.92 Å². The first-order chi connectivity index (χ1) is 8.17. The monoisotopic (exact) mass is 236 g/mol. The van der Waals surface area contributed by atoms with Gasteiger partial charge in [-0.2, -0.15) is 0 Å². The molecule has 0 spiro atoms. The molecule has 1 atom stereocenters. The molecule has 0 saturated heterocycles. The van der Waals surface area contributed by atoms with E-state index >= 15 is 0 Å². The summed E-state index contributed by atoms with van der Waals surface area (Å²) >= 11 is 0. The summed E-state index contributed by atoms with van der Waals surface area (Å²) < 4.78 is 5.44. The summed E-state index contributed by atoms with van der Waals surface area (Å²) in [6.45, 7) is 5.15. The Hall–Kier alpha value is -1.42. The fourth-order valence-corrected chi connectivity index (χ4v) is 1.39. The van der Waals surface area contributed by atoms with Gasteiger partial charge in [0.05, 0.1) is 12.8 Å². The van der Waals surface area contributed by atoms with Crippen LogP contribution in [0.2, 0.25) is 0 Å². The molecule has 1 aromatic heterocycles. The highest BCUT2D eigenvalue weighted by Gasteiger charge is 2.11. The lowest BCUT2D eigenvalue weighted by Crippen LogP contribution is -2.15. The minimum Gasteiger partial charge on any atom is -0.492 e. The normalized spacial score (nSPS) is 12.2. The predicted octanol–water partition coefficient (Wildman–Crippen LogP) is 2.04. The standard InChI is InChI=1S/C13H20N2O2/c1-3-4-17-12-6-11(8-15-9-12)13(16)5-10(2)7-14/h6,8-10H,3-5,7,14H2,1-2H3. The minimum atomic E-state index is 0.0670. The molecule has 0 aromatic carbocycles. The summed E-state index contributed by atoms with van der Waals surface area (Å²) in [6, 6.07) is 1.74. The number of hydrogen-bond donors (Lipinski definition) is 1. The van der Waals surface area contributed by atoms with E-state index in [1.54, 1.807) is 18.5 Å². The molecule has 4 nitrogen and oxygen atoms in total. The van der Waals surface area contributed by atoms with Gasteiger partial charge in [0.2, 0.25) is 0 Å². The van der Waals surface area contributed by atoms with Gasteiger partial charge in [-0.1, -0.05) is 13.8 Å². The maximum atomic E-state index is 11.9. The van der Waals surface area contributed by atoms with Gasteiger partial charge >= 0.3 is 0 Å². The van der Waals surface area contributed by atoms with Crippen molar-refractivity contribution in [1.82, 2.24) is 4.98 Å². The van der Waals surface area contributed by atoms with Gasteiger partial charge in [0.15, 0.2) is 5.78 Å². The Balaban J connectivity index is 2.66. The molecular weight excluding hydrogens is 216 g/mol. The molecule has 2 N–H and O–H groups in total. The number of carbonyl (C=O) groups is 1. The second-order valence-electron chi connectivity index (χ2n) is 4.23. The van der Waals surface area contributed by atoms with Gasteiger partial charge in [0.25, 0.3) is 0 Å². The van der Waals surface area contributed by atoms with E-state index in [1.807, 2.05) is 13.8 Å². The number of hydrogen-bond acceptors (Lipinski definition) is 4. The third kappa shape index (κ3) is 4.53. The van der Waals surface area contributed by atoms with Crippen molar-refractivity contribution in [3.63, 3.8) is 0 Å². The maximum absolute atomic E-state index is 11.9. The molecular formula is C13H20N2O2. The molecule has 1 unspecified atom stereocenters. The summed E-state index contributed by atoms with van der Waals surface area (Å²) in [5.74, 6) is 0.915. The smallest absolute Gasteiger partial charge is 0.164 e. The average Bonchev–Trinajstić information content (AvgIpc) is 2.36. The van der Waals surface area contributed by atoms with Crippen molar-refractivity contribution in [2.24, 2.45) is 11.7 Å². The quantitative estimate of drug-likeness (QED) is 0.736. The number of Topliss-reactive ketones (excluding diaryl/α,β-unsaturated/α-hetero) is 1. The largest absolute Gasteiger partial charge is 0.492 e. The van der Waals surface area contributed by atoms with Crippen LogP contribution in [0.1, 0.15) is 37.0 Å². The van der Waals surface area contributed by atoms with Gasteiger partial charge in [0, 0.05) is 18.2 Å². The SMILES string of the molecule is CCCOc1cncc(C(=O)CC(C)CN)c1. The molecule has 0 fully saturated rings. The molecule has 4 heteroatoms. The summed E-state index contributed by atoms with van der Waals surface area (Å²) in [5.41, 5.74) is 6.10. The molecule has 1 heterocycles. The fraction of sp³-hybridized carbons (Fsp3) is 0.538. The molecule has 0 bridgehead atoms. The minimum absolute atomic E-state index is 0.0670. The number of nitrogens with two attached hydrogens (primary N) is 1. The van der Waals surface area contributed by atoms with Crippen LogP contribution < -0.4 is 10.5 Å². The number of ketones is 1. The Morgan fingerprint density at radius 1 is 1.53 bits per heavy atom. The topological polar surface area (TPSA) is 65.2 Å². The lowest BCUT2D eigenvalue weighted by atomic mass is 10.0. The summed E-state index contributed by atoms with van der Waals surface area (Å²) in [7, 11) is 0. The Labute approximate surface area is 102 Å². The van der Waals surface area contributed by atoms with E-state index in [-0.39, 0.29) is 11.7 Å². The van der Waals surface area contributed by atoms with E-state index in [0.717, 1.165) is 6.42 Å². The molecule has 0 amide bonds. The van der Waals surface area contributed by atoms with Crippen LogP contribution in [0.4, 0.5) is 0 Å². The van der Waals surface area contributed by atoms with Crippen molar-refractivity contribution in [2.45, 2.75) is 26.7 Å². The second kappa shape index (κ2) is 7.01. The third-order valence-electron chi connectivity index (χ3n) is 2.44. The van der Waals surface area contributed by atoms with E-state index in [4.69, 9.17) is 10.5 Å². The van der Waals surface area contributed by atoms with Crippen LogP contribution in [-0.4, -0.2) is 23.9 Å². The molecule has 1 rings (SSSR count). The summed E-state index contributed by atoms with van der Waals surface area (Å²) in [4.78, 5) is 15.9. The molecule has 0 aliphatic carbocycles. The maximum Gasteiger partial charge on any atom is 0.164 e. The zero-order valence-corrected chi connectivity index (χ0v) is 10.5. The molecule has 1 aromatic rings. The van der Waals surface area contributed by atoms with E-state index in [0.29, 0.717) is 30.9 Å². The first-order valence-electron chi connectivity index (χ1n) is 5.98. The van der Waals surface area contributed by atoms with Crippen molar-refractivity contribution >= 4 is 5.78 Å². The lowest BCUT2D eigenvalue weighted by molar-refractivity contribution is 0.0965. The Morgan fingerprint density at radius 2 is 2.29 bits per heavy atom. The number of carbonyl (C=O) groups excluding carboxylic acids is 1. The highest BCUT2D eigenvalue weighted by Crippen LogP contribution is 2.14. The van der Waals surface area contributed by atoms with Crippen LogP contribution in [0.5, 0.6) is 5.75 Å². The first-order valence-corrected chi connectivity index (χ1v) is 5.98. The van der Waals surface area contributed by atoms with Crippen molar-refractivity contribution in [2.75, 3.05) is 13.2 Å². The summed E-state index contributed by atoms with van der Waals surface area (Å²) in [5, 5.41) is 0. The zero-order valence-electron chi connectivity index (χ0n) is 10.5. The Kier molecular flexibility index (Phi) is 5.63. The number of pyridine rings is 1. The van der Waals surface area contributed by atoms with Crippen molar-refractivity contribution in [3.8, 4) is 5.75 Å². The molecule has 0 aliphatic rings. The van der Waals surface area contributed by atoms with Gasteiger partial charge in [-0.3, -0.25) is 9.78 Å². The average molecular weight is 236 g/mol. The molecule has 0 radical (unpaired) electrons. The van der Waals surface area contributed by atoms with Crippen molar-refractivity contribution in [3.05, 3.63) is 24.0 Å². The van der Waals surface area contributed by atoms with Crippen LogP contribution in [0.15, 0.2) is 18.5 Å². The van der Waals surface area contributed by atoms with Gasteiger partial charge in [-0.05, 0) is 24.9 Å². The number of rotatable bonds is 7. The van der Waals surface area contributed by atoms with E-state index < -0.39 is 0 Å². The number of aromatic nitrogens is 1. The molecule has 17 heavy (non-hydrogen) atoms. The second-order valence-corrected chi connectivity index (χ2v) is 4.23. The van der Waals surface area contributed by atoms with E-state index in [1.165, 1.54) is 0 Å². The highest BCUT2D eigenvalue weighted by molar-refractivity contribution is 5.96. The van der Waals surface area contributed by atoms with Gasteiger partial charge in [-0.25, -0.2) is 0 Å². The van der Waals surface area contributed by atoms with Crippen LogP contribution in [-0.2, 0) is 0 Å². The fourth-order valence-electron chi connectivity index (χ4n) is 1.39. The summed E-state index contributed by atoms with van der Waals surface area (Å²) in [6.07, 6.45) is 4.58. The van der Waals surface area contributed by atoms with E-state index in [9.17, 15) is 4.79 Å². The first kappa shape index (κ1) is 13.6. The van der Waals surface area contributed by atoms with Gasteiger partial charge < -0.3 is 10.5 Å². The highest BCUT2D eigenvalue weighted by atomic mass is 16.5. The van der Waals surface area contributed by atoms with Crippen molar-refractivity contribution < 1.29 is 9.53 Å². The van der Waals surface area contributed by atoms with Crippen LogP contribution >= 0.6 is 0 Å². The number of ether oxygens (including phenoxy) is 1. The van der Waals surface area contributed by atoms with Gasteiger partial charge in [-0.15, -0.1) is 0 Å². The molecule has 0 saturated carbocycles. The van der Waals surface area contributed by atoms with E-state index in [2.05, 4.69) is 4.98 Å². The Bertz CT molecular complexity index is 366. The Morgan fingerprint density at radius 3 is 2.94 bits per heavy atom. The molecule has 0 aliphatic heterocycles. The predicted molar refractivity (Wildman–Crippen MR) is 67.2 cm³/mol. The van der Waals surface area contributed by atoms with Crippen LogP contribution in [0.3, 0.4) is 0 Å². The molecule has 94 valence electrons. The number of nitrogens with zero attached hydrogens (tertiary/aromatic N) is 1. The third-order valence-corrected chi connectivity index (χ3v) is 2.44.